The van der Waals surface area contributed by atoms with Crippen molar-refractivity contribution >= 4 is 11.9 Å². The Morgan fingerprint density at radius 3 is 2.60 bits per heavy atom. The monoisotopic (exact) mass is 277 g/mol. The number of carbonyl (C=O) groups is 2. The van der Waals surface area contributed by atoms with Crippen molar-refractivity contribution in [2.24, 2.45) is 11.7 Å². The van der Waals surface area contributed by atoms with Crippen molar-refractivity contribution in [2.75, 3.05) is 0 Å². The van der Waals surface area contributed by atoms with Gasteiger partial charge >= 0.3 is 11.9 Å². The van der Waals surface area contributed by atoms with Gasteiger partial charge in [-0.15, -0.1) is 0 Å². The van der Waals surface area contributed by atoms with E-state index in [9.17, 15) is 9.59 Å². The number of ether oxygens (including phenoxy) is 1. The smallest absolute Gasteiger partial charge is 0.328 e. The molecule has 2 rings (SSSR count). The largest absolute Gasteiger partial charge is 0.481 e. The van der Waals surface area contributed by atoms with Crippen LogP contribution in [0.4, 0.5) is 0 Å². The maximum Gasteiger partial charge on any atom is 0.328 e. The average molecular weight is 277 g/mol. The fourth-order valence-electron chi connectivity index (χ4n) is 2.61. The van der Waals surface area contributed by atoms with E-state index in [4.69, 9.17) is 15.6 Å². The summed E-state index contributed by atoms with van der Waals surface area (Å²) in [5.41, 5.74) is 5.84. The summed E-state index contributed by atoms with van der Waals surface area (Å²) in [5.74, 6) is -1.79. The summed E-state index contributed by atoms with van der Waals surface area (Å²) in [5, 5.41) is 9.00. The highest BCUT2D eigenvalue weighted by Crippen LogP contribution is 2.38. The lowest BCUT2D eigenvalue weighted by atomic mass is 10.0. The first-order valence-corrected chi connectivity index (χ1v) is 6.67. The average Bonchev–Trinajstić information content (AvgIpc) is 2.81. The molecule has 0 saturated heterocycles. The number of aliphatic carboxylic acids is 1. The van der Waals surface area contributed by atoms with Crippen molar-refractivity contribution in [3.63, 3.8) is 0 Å². The van der Waals surface area contributed by atoms with E-state index in [0.29, 0.717) is 24.8 Å². The fourth-order valence-corrected chi connectivity index (χ4v) is 2.61. The number of nitrogens with two attached hydrogens (primary N) is 1. The molecule has 5 heteroatoms. The standard InChI is InChI=1S/C15H19NO4/c1-15(8-7-11(9-15)13(17)18)20-14(19)12(16)10-5-3-2-4-6-10/h2-6,11-12H,7-9,16H2,1H3,(H,17,18)/t11?,12-,15?/m0/s1. The minimum atomic E-state index is -0.836. The fraction of sp³-hybridized carbons (Fsp3) is 0.467. The number of carbonyl (C=O) groups excluding carboxylic acids is 1. The first-order valence-electron chi connectivity index (χ1n) is 6.67. The highest BCUT2D eigenvalue weighted by Gasteiger charge is 2.42. The molecule has 3 N–H and O–H groups in total. The molecule has 20 heavy (non-hydrogen) atoms. The SMILES string of the molecule is CC1(OC(=O)[C@@H](N)c2ccccc2)CCC(C(=O)O)C1. The Labute approximate surface area is 117 Å². The van der Waals surface area contributed by atoms with E-state index in [1.54, 1.807) is 31.2 Å². The molecule has 5 nitrogen and oxygen atoms in total. The second kappa shape index (κ2) is 5.63. The predicted molar refractivity (Wildman–Crippen MR) is 72.8 cm³/mol. The minimum Gasteiger partial charge on any atom is -0.481 e. The summed E-state index contributed by atoms with van der Waals surface area (Å²) >= 11 is 0. The van der Waals surface area contributed by atoms with Gasteiger partial charge in [0, 0.05) is 6.42 Å². The van der Waals surface area contributed by atoms with Crippen LogP contribution in [0.25, 0.3) is 0 Å². The van der Waals surface area contributed by atoms with Gasteiger partial charge in [0.05, 0.1) is 5.92 Å². The van der Waals surface area contributed by atoms with Crippen LogP contribution >= 0.6 is 0 Å². The molecule has 0 spiro atoms. The second-order valence-electron chi connectivity index (χ2n) is 5.54. The van der Waals surface area contributed by atoms with Crippen LogP contribution in [0.1, 0.15) is 37.8 Å². The number of rotatable bonds is 4. The van der Waals surface area contributed by atoms with Gasteiger partial charge in [-0.25, -0.2) is 4.79 Å². The number of carboxylic acids is 1. The van der Waals surface area contributed by atoms with E-state index in [0.717, 1.165) is 0 Å². The molecule has 1 fully saturated rings. The summed E-state index contributed by atoms with van der Waals surface area (Å²) in [6.45, 7) is 1.77. The Balaban J connectivity index is 2.00. The van der Waals surface area contributed by atoms with Gasteiger partial charge in [-0.05, 0) is 25.3 Å². The van der Waals surface area contributed by atoms with Crippen LogP contribution in [0.15, 0.2) is 30.3 Å². The molecule has 0 aliphatic heterocycles. The van der Waals surface area contributed by atoms with Gasteiger partial charge in [0.2, 0.25) is 0 Å². The van der Waals surface area contributed by atoms with E-state index in [-0.39, 0.29) is 0 Å². The van der Waals surface area contributed by atoms with Crippen molar-refractivity contribution in [3.05, 3.63) is 35.9 Å². The molecule has 2 unspecified atom stereocenters. The molecule has 0 aromatic heterocycles. The molecule has 0 amide bonds. The van der Waals surface area contributed by atoms with E-state index in [1.807, 2.05) is 6.07 Å². The van der Waals surface area contributed by atoms with Crippen molar-refractivity contribution in [3.8, 4) is 0 Å². The maximum atomic E-state index is 12.1. The predicted octanol–water partition coefficient (Wildman–Crippen LogP) is 1.87. The number of hydrogen-bond acceptors (Lipinski definition) is 4. The highest BCUT2D eigenvalue weighted by molar-refractivity contribution is 5.78. The van der Waals surface area contributed by atoms with Crippen molar-refractivity contribution in [1.29, 1.82) is 0 Å². The molecule has 1 aliphatic rings. The molecule has 3 atom stereocenters. The summed E-state index contributed by atoms with van der Waals surface area (Å²) in [6, 6.07) is 8.15. The summed E-state index contributed by atoms with van der Waals surface area (Å²) in [6.07, 6.45) is 1.42. The van der Waals surface area contributed by atoms with E-state index >= 15 is 0 Å². The number of benzene rings is 1. The zero-order valence-electron chi connectivity index (χ0n) is 11.4. The molecule has 1 saturated carbocycles. The molecule has 1 aromatic carbocycles. The Kier molecular flexibility index (Phi) is 4.09. The molecule has 1 aromatic rings. The normalized spacial score (nSPS) is 27.0. The van der Waals surface area contributed by atoms with Crippen LogP contribution in [-0.2, 0) is 14.3 Å². The van der Waals surface area contributed by atoms with Gasteiger partial charge in [0.1, 0.15) is 11.6 Å². The maximum absolute atomic E-state index is 12.1. The van der Waals surface area contributed by atoms with E-state index in [1.165, 1.54) is 0 Å². The molecule has 0 radical (unpaired) electrons. The Morgan fingerprint density at radius 1 is 1.40 bits per heavy atom. The van der Waals surface area contributed by atoms with Gasteiger partial charge < -0.3 is 15.6 Å². The van der Waals surface area contributed by atoms with Gasteiger partial charge in [-0.3, -0.25) is 4.79 Å². The third kappa shape index (κ3) is 3.17. The number of esters is 1. The van der Waals surface area contributed by atoms with Crippen LogP contribution in [0, 0.1) is 5.92 Å². The molecular formula is C15H19NO4. The van der Waals surface area contributed by atoms with E-state index < -0.39 is 29.5 Å². The van der Waals surface area contributed by atoms with Crippen LogP contribution in [0.5, 0.6) is 0 Å². The highest BCUT2D eigenvalue weighted by atomic mass is 16.6. The summed E-state index contributed by atoms with van der Waals surface area (Å²) in [4.78, 5) is 23.1. The quantitative estimate of drug-likeness (QED) is 0.820. The zero-order valence-corrected chi connectivity index (χ0v) is 11.4. The topological polar surface area (TPSA) is 89.6 Å². The third-order valence-corrected chi connectivity index (χ3v) is 3.81. The number of hydrogen-bond donors (Lipinski definition) is 2. The van der Waals surface area contributed by atoms with Crippen molar-refractivity contribution in [1.82, 2.24) is 0 Å². The Morgan fingerprint density at radius 2 is 2.05 bits per heavy atom. The second-order valence-corrected chi connectivity index (χ2v) is 5.54. The van der Waals surface area contributed by atoms with Crippen molar-refractivity contribution < 1.29 is 19.4 Å². The van der Waals surface area contributed by atoms with E-state index in [2.05, 4.69) is 0 Å². The van der Waals surface area contributed by atoms with Crippen LogP contribution < -0.4 is 5.73 Å². The molecule has 0 heterocycles. The Hall–Kier alpha value is -1.88. The lowest BCUT2D eigenvalue weighted by molar-refractivity contribution is -0.160. The van der Waals surface area contributed by atoms with Gasteiger partial charge in [-0.2, -0.15) is 0 Å². The van der Waals surface area contributed by atoms with Gasteiger partial charge in [-0.1, -0.05) is 30.3 Å². The van der Waals surface area contributed by atoms with Crippen LogP contribution in [-0.4, -0.2) is 22.6 Å². The molecule has 0 bridgehead atoms. The van der Waals surface area contributed by atoms with Crippen molar-refractivity contribution in [2.45, 2.75) is 37.8 Å². The zero-order chi connectivity index (χ0) is 14.8. The molecule has 108 valence electrons. The third-order valence-electron chi connectivity index (χ3n) is 3.81. The number of carboxylic acid groups (broad SMARTS) is 1. The molecule has 1 aliphatic carbocycles. The first-order chi connectivity index (χ1) is 9.41. The van der Waals surface area contributed by atoms with Crippen LogP contribution in [0.3, 0.4) is 0 Å². The summed E-state index contributed by atoms with van der Waals surface area (Å²) in [7, 11) is 0. The van der Waals surface area contributed by atoms with Gasteiger partial charge in [0.15, 0.2) is 0 Å². The summed E-state index contributed by atoms with van der Waals surface area (Å²) < 4.78 is 5.47. The van der Waals surface area contributed by atoms with Gasteiger partial charge in [0.25, 0.3) is 0 Å². The first kappa shape index (κ1) is 14.5. The van der Waals surface area contributed by atoms with Crippen LogP contribution in [0.2, 0.25) is 0 Å². The molecular weight excluding hydrogens is 258 g/mol. The Bertz CT molecular complexity index is 502. The minimum absolute atomic E-state index is 0.343. The lowest BCUT2D eigenvalue weighted by Gasteiger charge is -2.26. The lowest BCUT2D eigenvalue weighted by Crippen LogP contribution is -2.34.